The molecule has 0 saturated carbocycles. The number of aryl methyl sites for hydroxylation is 1. The van der Waals surface area contributed by atoms with Crippen molar-refractivity contribution in [3.63, 3.8) is 0 Å². The van der Waals surface area contributed by atoms with Crippen LogP contribution in [0.5, 0.6) is 5.75 Å². The number of rotatable bonds is 3. The molecule has 0 saturated heterocycles. The number of nitrogens with two attached hydrogens (primary N) is 1. The SMILES string of the molecule is COc1cccc(-c2cc(-c3ccc(C)cc3)c(C#N)c(N)n2)c1. The van der Waals surface area contributed by atoms with Gasteiger partial charge >= 0.3 is 0 Å². The number of nitrogen functional groups attached to an aromatic ring is 1. The molecule has 0 aliphatic rings. The Balaban J connectivity index is 2.20. The Labute approximate surface area is 141 Å². The monoisotopic (exact) mass is 315 g/mol. The molecule has 2 N–H and O–H groups in total. The summed E-state index contributed by atoms with van der Waals surface area (Å²) in [6, 6.07) is 19.7. The van der Waals surface area contributed by atoms with E-state index in [9.17, 15) is 5.26 Å². The van der Waals surface area contributed by atoms with Gasteiger partial charge in [0.1, 0.15) is 23.2 Å². The summed E-state index contributed by atoms with van der Waals surface area (Å²) in [6.45, 7) is 2.03. The van der Waals surface area contributed by atoms with Gasteiger partial charge in [-0.05, 0) is 30.7 Å². The lowest BCUT2D eigenvalue weighted by atomic mass is 9.97. The molecule has 4 nitrogen and oxygen atoms in total. The van der Waals surface area contributed by atoms with Crippen LogP contribution >= 0.6 is 0 Å². The number of ether oxygens (including phenoxy) is 1. The second kappa shape index (κ2) is 6.43. The Hall–Kier alpha value is -3.32. The average molecular weight is 315 g/mol. The molecule has 0 amide bonds. The van der Waals surface area contributed by atoms with Crippen molar-refractivity contribution in [3.05, 3.63) is 65.7 Å². The van der Waals surface area contributed by atoms with E-state index < -0.39 is 0 Å². The van der Waals surface area contributed by atoms with Gasteiger partial charge < -0.3 is 10.5 Å². The van der Waals surface area contributed by atoms with Crippen LogP contribution in [0.3, 0.4) is 0 Å². The maximum absolute atomic E-state index is 9.47. The predicted octanol–water partition coefficient (Wildman–Crippen LogP) is 4.19. The Bertz CT molecular complexity index is 925. The quantitative estimate of drug-likeness (QED) is 0.786. The standard InChI is InChI=1S/C20H17N3O/c1-13-6-8-14(9-7-13)17-11-19(23-20(22)18(17)12-21)15-4-3-5-16(10-15)24-2/h3-11H,1-2H3,(H2,22,23). The number of hydrogen-bond acceptors (Lipinski definition) is 4. The second-order valence-electron chi connectivity index (χ2n) is 5.53. The molecule has 0 spiro atoms. The summed E-state index contributed by atoms with van der Waals surface area (Å²) in [5.41, 5.74) is 10.9. The Morgan fingerprint density at radius 2 is 1.79 bits per heavy atom. The van der Waals surface area contributed by atoms with E-state index in [0.29, 0.717) is 11.3 Å². The Kier molecular flexibility index (Phi) is 4.17. The fraction of sp³-hybridized carbons (Fsp3) is 0.100. The van der Waals surface area contributed by atoms with Gasteiger partial charge in [-0.3, -0.25) is 0 Å². The van der Waals surface area contributed by atoms with E-state index in [1.807, 2.05) is 61.5 Å². The first-order chi connectivity index (χ1) is 11.6. The highest BCUT2D eigenvalue weighted by molar-refractivity contribution is 5.80. The van der Waals surface area contributed by atoms with Crippen LogP contribution in [0, 0.1) is 18.3 Å². The zero-order chi connectivity index (χ0) is 17.1. The lowest BCUT2D eigenvalue weighted by Crippen LogP contribution is -2.00. The molecule has 2 aromatic carbocycles. The van der Waals surface area contributed by atoms with Crippen LogP contribution in [0.15, 0.2) is 54.6 Å². The minimum absolute atomic E-state index is 0.230. The van der Waals surface area contributed by atoms with Crippen molar-refractivity contribution in [1.29, 1.82) is 5.26 Å². The maximum Gasteiger partial charge on any atom is 0.142 e. The van der Waals surface area contributed by atoms with Crippen molar-refractivity contribution >= 4 is 5.82 Å². The molecular weight excluding hydrogens is 298 g/mol. The first-order valence-electron chi connectivity index (χ1n) is 7.54. The van der Waals surface area contributed by atoms with Crippen molar-refractivity contribution in [2.45, 2.75) is 6.92 Å². The van der Waals surface area contributed by atoms with E-state index in [1.54, 1.807) is 7.11 Å². The molecule has 0 aliphatic heterocycles. The van der Waals surface area contributed by atoms with E-state index in [-0.39, 0.29) is 5.82 Å². The molecule has 1 aromatic heterocycles. The van der Waals surface area contributed by atoms with Crippen LogP contribution in [0.25, 0.3) is 22.4 Å². The average Bonchev–Trinajstić information content (AvgIpc) is 2.61. The van der Waals surface area contributed by atoms with Crippen molar-refractivity contribution < 1.29 is 4.74 Å². The number of nitriles is 1. The third-order valence-electron chi connectivity index (χ3n) is 3.89. The number of benzene rings is 2. The highest BCUT2D eigenvalue weighted by Gasteiger charge is 2.13. The zero-order valence-electron chi connectivity index (χ0n) is 13.6. The molecular formula is C20H17N3O. The third kappa shape index (κ3) is 2.92. The van der Waals surface area contributed by atoms with Gasteiger partial charge in [-0.1, -0.05) is 42.0 Å². The predicted molar refractivity (Wildman–Crippen MR) is 95.5 cm³/mol. The van der Waals surface area contributed by atoms with Crippen molar-refractivity contribution in [3.8, 4) is 34.2 Å². The molecule has 0 fully saturated rings. The number of methoxy groups -OCH3 is 1. The summed E-state index contributed by atoms with van der Waals surface area (Å²) in [4.78, 5) is 4.39. The van der Waals surface area contributed by atoms with E-state index in [1.165, 1.54) is 0 Å². The van der Waals surface area contributed by atoms with Crippen molar-refractivity contribution in [2.75, 3.05) is 12.8 Å². The highest BCUT2D eigenvalue weighted by atomic mass is 16.5. The summed E-state index contributed by atoms with van der Waals surface area (Å²) >= 11 is 0. The van der Waals surface area contributed by atoms with Crippen LogP contribution in [-0.4, -0.2) is 12.1 Å². The Morgan fingerprint density at radius 1 is 1.04 bits per heavy atom. The number of nitrogens with zero attached hydrogens (tertiary/aromatic N) is 2. The summed E-state index contributed by atoms with van der Waals surface area (Å²) in [5, 5.41) is 9.47. The normalized spacial score (nSPS) is 10.2. The fourth-order valence-corrected chi connectivity index (χ4v) is 2.57. The second-order valence-corrected chi connectivity index (χ2v) is 5.53. The van der Waals surface area contributed by atoms with Gasteiger partial charge in [0, 0.05) is 11.1 Å². The smallest absolute Gasteiger partial charge is 0.142 e. The summed E-state index contributed by atoms with van der Waals surface area (Å²) < 4.78 is 5.27. The first kappa shape index (κ1) is 15.6. The van der Waals surface area contributed by atoms with Gasteiger partial charge in [-0.25, -0.2) is 4.98 Å². The number of aromatic nitrogens is 1. The molecule has 0 radical (unpaired) electrons. The van der Waals surface area contributed by atoms with Crippen LogP contribution < -0.4 is 10.5 Å². The van der Waals surface area contributed by atoms with Crippen LogP contribution in [0.4, 0.5) is 5.82 Å². The molecule has 0 unspecified atom stereocenters. The molecule has 0 bridgehead atoms. The minimum Gasteiger partial charge on any atom is -0.497 e. The van der Waals surface area contributed by atoms with Gasteiger partial charge in [-0.2, -0.15) is 5.26 Å². The van der Waals surface area contributed by atoms with Gasteiger partial charge in [-0.15, -0.1) is 0 Å². The molecule has 1 heterocycles. The van der Waals surface area contributed by atoms with Gasteiger partial charge in [0.25, 0.3) is 0 Å². The molecule has 3 rings (SSSR count). The number of anilines is 1. The lowest BCUT2D eigenvalue weighted by Gasteiger charge is -2.11. The summed E-state index contributed by atoms with van der Waals surface area (Å²) in [6.07, 6.45) is 0. The topological polar surface area (TPSA) is 71.9 Å². The maximum atomic E-state index is 9.47. The molecule has 3 aromatic rings. The summed E-state index contributed by atoms with van der Waals surface area (Å²) in [5.74, 6) is 0.975. The highest BCUT2D eigenvalue weighted by Crippen LogP contribution is 2.32. The van der Waals surface area contributed by atoms with Crippen LogP contribution in [0.1, 0.15) is 11.1 Å². The van der Waals surface area contributed by atoms with Crippen LogP contribution in [-0.2, 0) is 0 Å². The number of pyridine rings is 1. The van der Waals surface area contributed by atoms with E-state index >= 15 is 0 Å². The fourth-order valence-electron chi connectivity index (χ4n) is 2.57. The molecule has 0 atom stereocenters. The lowest BCUT2D eigenvalue weighted by molar-refractivity contribution is 0.415. The summed E-state index contributed by atoms with van der Waals surface area (Å²) in [7, 11) is 1.62. The zero-order valence-corrected chi connectivity index (χ0v) is 13.6. The third-order valence-corrected chi connectivity index (χ3v) is 3.89. The van der Waals surface area contributed by atoms with Crippen molar-refractivity contribution in [2.24, 2.45) is 0 Å². The largest absolute Gasteiger partial charge is 0.497 e. The first-order valence-corrected chi connectivity index (χ1v) is 7.54. The molecule has 0 aliphatic carbocycles. The number of hydrogen-bond donors (Lipinski definition) is 1. The molecule has 24 heavy (non-hydrogen) atoms. The van der Waals surface area contributed by atoms with Crippen molar-refractivity contribution in [1.82, 2.24) is 4.98 Å². The van der Waals surface area contributed by atoms with Gasteiger partial charge in [0.05, 0.1) is 12.8 Å². The molecule has 4 heteroatoms. The van der Waals surface area contributed by atoms with Gasteiger partial charge in [0.2, 0.25) is 0 Å². The van der Waals surface area contributed by atoms with E-state index in [2.05, 4.69) is 11.1 Å². The van der Waals surface area contributed by atoms with Crippen LogP contribution in [0.2, 0.25) is 0 Å². The van der Waals surface area contributed by atoms with Gasteiger partial charge in [0.15, 0.2) is 0 Å². The van der Waals surface area contributed by atoms with E-state index in [0.717, 1.165) is 28.0 Å². The molecule has 118 valence electrons. The minimum atomic E-state index is 0.230. The Morgan fingerprint density at radius 3 is 2.46 bits per heavy atom. The van der Waals surface area contributed by atoms with E-state index in [4.69, 9.17) is 10.5 Å².